The molecule has 0 saturated carbocycles. The third kappa shape index (κ3) is 4.04. The average molecular weight is 381 g/mol. The third-order valence-corrected chi connectivity index (χ3v) is 4.82. The number of amides is 1. The fraction of sp³-hybridized carbons (Fsp3) is 0.353. The predicted octanol–water partition coefficient (Wildman–Crippen LogP) is 0.874. The van der Waals surface area contributed by atoms with Gasteiger partial charge in [-0.3, -0.25) is 5.32 Å². The second kappa shape index (κ2) is 8.12. The van der Waals surface area contributed by atoms with Gasteiger partial charge in [0.15, 0.2) is 0 Å². The summed E-state index contributed by atoms with van der Waals surface area (Å²) >= 11 is 1.35. The normalized spacial score (nSPS) is 28.5. The number of rotatable bonds is 4. The van der Waals surface area contributed by atoms with E-state index in [2.05, 4.69) is 5.32 Å². The van der Waals surface area contributed by atoms with Crippen LogP contribution in [0.4, 0.5) is 9.80 Å². The summed E-state index contributed by atoms with van der Waals surface area (Å²) in [4.78, 5) is 11.9. The minimum atomic E-state index is -1.47. The number of carbonyl (C=O) groups excluding carboxylic acids is 1. The van der Waals surface area contributed by atoms with E-state index in [1.54, 1.807) is 30.3 Å². The summed E-state index contributed by atoms with van der Waals surface area (Å²) in [5.41, 5.74) is 0.434. The van der Waals surface area contributed by atoms with Crippen molar-refractivity contribution in [1.29, 1.82) is 0 Å². The van der Waals surface area contributed by atoms with E-state index in [9.17, 15) is 25.2 Å². The molecule has 9 heteroatoms. The number of aliphatic hydroxyl groups excluding tert-OH is 4. The van der Waals surface area contributed by atoms with E-state index in [0.29, 0.717) is 10.6 Å². The zero-order valence-corrected chi connectivity index (χ0v) is 14.4. The van der Waals surface area contributed by atoms with Crippen LogP contribution in [-0.4, -0.2) is 57.5 Å². The second-order valence-electron chi connectivity index (χ2n) is 5.81. The minimum absolute atomic E-state index is 0.216. The Kier molecular flexibility index (Phi) is 5.87. The van der Waals surface area contributed by atoms with Crippen molar-refractivity contribution in [2.24, 2.45) is 0 Å². The summed E-state index contributed by atoms with van der Waals surface area (Å²) in [5.74, 6) is 0.216. The van der Waals surface area contributed by atoms with Crippen molar-refractivity contribution in [3.8, 4) is 5.75 Å². The average Bonchev–Trinajstić information content (AvgIpc) is 3.13. The van der Waals surface area contributed by atoms with Gasteiger partial charge in [0.1, 0.15) is 36.3 Å². The summed E-state index contributed by atoms with van der Waals surface area (Å²) in [6, 6.07) is 9.79. The fourth-order valence-electron chi connectivity index (χ4n) is 2.71. The van der Waals surface area contributed by atoms with Gasteiger partial charge in [-0.15, -0.1) is 11.3 Å². The lowest BCUT2D eigenvalue weighted by Crippen LogP contribution is -2.55. The number of hydrogen-bond donors (Lipinski definition) is 5. The van der Waals surface area contributed by atoms with Gasteiger partial charge in [0.05, 0.1) is 11.6 Å². The first kappa shape index (κ1) is 18.8. The Labute approximate surface area is 153 Å². The van der Waals surface area contributed by atoms with Crippen molar-refractivity contribution >= 4 is 22.4 Å². The Bertz CT molecular complexity index is 736. The monoisotopic (exact) mass is 381 g/mol. The van der Waals surface area contributed by atoms with E-state index >= 15 is 0 Å². The molecule has 0 radical (unpaired) electrons. The lowest BCUT2D eigenvalue weighted by molar-refractivity contribution is -0.231. The van der Waals surface area contributed by atoms with Gasteiger partial charge in [0.2, 0.25) is 0 Å². The molecule has 1 amide bonds. The van der Waals surface area contributed by atoms with Crippen molar-refractivity contribution in [3.05, 3.63) is 47.3 Å². The van der Waals surface area contributed by atoms with Gasteiger partial charge in [-0.1, -0.05) is 12.1 Å². The molecular weight excluding hydrogens is 362 g/mol. The number of thiophene rings is 1. The summed E-state index contributed by atoms with van der Waals surface area (Å²) in [5, 5.41) is 44.2. The number of aliphatic hydroxyl groups is 4. The van der Waals surface area contributed by atoms with Crippen molar-refractivity contribution in [3.63, 3.8) is 0 Å². The van der Waals surface area contributed by atoms with Gasteiger partial charge in [0, 0.05) is 0 Å². The Balaban J connectivity index is 1.73. The molecule has 1 fully saturated rings. The van der Waals surface area contributed by atoms with Gasteiger partial charge < -0.3 is 29.9 Å². The Hall–Kier alpha value is -2.01. The Morgan fingerprint density at radius 3 is 2.65 bits per heavy atom. The van der Waals surface area contributed by atoms with Crippen molar-refractivity contribution in [2.75, 3.05) is 11.9 Å². The first-order chi connectivity index (χ1) is 12.5. The molecule has 2 heterocycles. The molecule has 8 nitrogen and oxygen atoms in total. The number of nitrogens with one attached hydrogen (secondary N) is 1. The van der Waals surface area contributed by atoms with Crippen LogP contribution in [0.1, 0.15) is 11.7 Å². The zero-order valence-electron chi connectivity index (χ0n) is 13.6. The number of hydrogen-bond acceptors (Lipinski definition) is 8. The maximum Gasteiger partial charge on any atom is 0.417 e. The van der Waals surface area contributed by atoms with Crippen LogP contribution >= 0.6 is 11.3 Å². The summed E-state index contributed by atoms with van der Waals surface area (Å²) < 4.78 is 10.7. The lowest BCUT2D eigenvalue weighted by Gasteiger charge is -2.40. The molecule has 0 spiro atoms. The van der Waals surface area contributed by atoms with E-state index in [4.69, 9.17) is 9.47 Å². The smallest absolute Gasteiger partial charge is 0.410 e. The molecule has 5 atom stereocenters. The van der Waals surface area contributed by atoms with Crippen LogP contribution in [0, 0.1) is 0 Å². The minimum Gasteiger partial charge on any atom is -0.410 e. The Morgan fingerprint density at radius 1 is 1.15 bits per heavy atom. The van der Waals surface area contributed by atoms with Crippen LogP contribution in [0.15, 0.2) is 41.8 Å². The largest absolute Gasteiger partial charge is 0.417 e. The molecular formula is C17H19NO7S. The van der Waals surface area contributed by atoms with Gasteiger partial charge in [-0.25, -0.2) is 4.79 Å². The topological polar surface area (TPSA) is 128 Å². The maximum atomic E-state index is 11.9. The summed E-state index contributed by atoms with van der Waals surface area (Å²) in [6.45, 7) is -0.513. The highest BCUT2D eigenvalue weighted by Crippen LogP contribution is 2.33. The first-order valence-electron chi connectivity index (χ1n) is 7.92. The zero-order chi connectivity index (χ0) is 18.7. The molecule has 26 heavy (non-hydrogen) atoms. The SMILES string of the molecule is O=C(Nc1cccs1)Oc1cccc(C2OC(CO)C(O)C(O)C2O)c1. The molecule has 0 aliphatic carbocycles. The Morgan fingerprint density at radius 2 is 1.96 bits per heavy atom. The van der Waals surface area contributed by atoms with Gasteiger partial charge in [-0.2, -0.15) is 0 Å². The van der Waals surface area contributed by atoms with Crippen LogP contribution < -0.4 is 10.1 Å². The molecule has 1 saturated heterocycles. The van der Waals surface area contributed by atoms with Crippen molar-refractivity contribution in [2.45, 2.75) is 30.5 Å². The first-order valence-corrected chi connectivity index (χ1v) is 8.80. The van der Waals surface area contributed by atoms with Crippen molar-refractivity contribution in [1.82, 2.24) is 0 Å². The molecule has 0 bridgehead atoms. The van der Waals surface area contributed by atoms with Crippen molar-refractivity contribution < 1.29 is 34.7 Å². The van der Waals surface area contributed by atoms with E-state index in [-0.39, 0.29) is 5.75 Å². The fourth-order valence-corrected chi connectivity index (χ4v) is 3.32. The van der Waals surface area contributed by atoms with Crippen LogP contribution in [-0.2, 0) is 4.74 Å². The number of carbonyl (C=O) groups is 1. The molecule has 1 aromatic heterocycles. The summed E-state index contributed by atoms with van der Waals surface area (Å²) in [6.07, 6.45) is -6.97. The quantitative estimate of drug-likeness (QED) is 0.532. The standard InChI is InChI=1S/C17H19NO7S/c19-8-11-13(20)14(21)15(22)16(25-11)9-3-1-4-10(7-9)24-17(23)18-12-5-2-6-26-12/h1-7,11,13-16,19-22H,8H2,(H,18,23). The van der Waals surface area contributed by atoms with Crippen LogP contribution in [0.2, 0.25) is 0 Å². The van der Waals surface area contributed by atoms with Crippen LogP contribution in [0.3, 0.4) is 0 Å². The maximum absolute atomic E-state index is 11.9. The molecule has 1 aliphatic heterocycles. The van der Waals surface area contributed by atoms with E-state index < -0.39 is 43.2 Å². The highest BCUT2D eigenvalue weighted by Gasteiger charge is 2.43. The molecule has 140 valence electrons. The number of benzene rings is 1. The van der Waals surface area contributed by atoms with Gasteiger partial charge in [-0.05, 0) is 35.2 Å². The highest BCUT2D eigenvalue weighted by atomic mass is 32.1. The molecule has 1 aliphatic rings. The molecule has 5 N–H and O–H groups in total. The number of anilines is 1. The van der Waals surface area contributed by atoms with Crippen LogP contribution in [0.5, 0.6) is 5.75 Å². The molecule has 3 rings (SSSR count). The summed E-state index contributed by atoms with van der Waals surface area (Å²) in [7, 11) is 0. The third-order valence-electron chi connectivity index (χ3n) is 4.04. The van der Waals surface area contributed by atoms with Crippen LogP contribution in [0.25, 0.3) is 0 Å². The second-order valence-corrected chi connectivity index (χ2v) is 6.76. The highest BCUT2D eigenvalue weighted by molar-refractivity contribution is 7.14. The lowest BCUT2D eigenvalue weighted by atomic mass is 9.91. The van der Waals surface area contributed by atoms with Gasteiger partial charge >= 0.3 is 6.09 Å². The van der Waals surface area contributed by atoms with E-state index in [1.165, 1.54) is 17.4 Å². The number of ether oxygens (including phenoxy) is 2. The van der Waals surface area contributed by atoms with E-state index in [1.807, 2.05) is 5.38 Å². The van der Waals surface area contributed by atoms with E-state index in [0.717, 1.165) is 0 Å². The van der Waals surface area contributed by atoms with Gasteiger partial charge in [0.25, 0.3) is 0 Å². The molecule has 2 aromatic rings. The predicted molar refractivity (Wildman–Crippen MR) is 93.1 cm³/mol. The molecule has 5 unspecified atom stereocenters. The molecule has 1 aromatic carbocycles.